The third-order valence-electron chi connectivity index (χ3n) is 4.54. The summed E-state index contributed by atoms with van der Waals surface area (Å²) in [4.78, 5) is 20.0. The van der Waals surface area contributed by atoms with Crippen LogP contribution in [0.3, 0.4) is 0 Å². The van der Waals surface area contributed by atoms with Crippen molar-refractivity contribution in [2.45, 2.75) is 23.6 Å². The third-order valence-corrected chi connectivity index (χ3v) is 6.51. The number of rotatable bonds is 7. The standard InChI is InChI=1S/C22H17F3N4OS2/c23-22(24,25)13-29-18(14-4-2-1-3-5-14)10-27-21(29)32-12-17-11-31-20(28-17)16-8-6-15(7-9-16)19(26)30/h1-11H,12-13H2,(H2,26,30). The molecule has 2 N–H and O–H groups in total. The molecule has 0 saturated heterocycles. The lowest BCUT2D eigenvalue weighted by molar-refractivity contribution is -0.141. The molecule has 1 amide bonds. The second-order valence-electron chi connectivity index (χ2n) is 6.87. The number of primary amides is 1. The fraction of sp³-hybridized carbons (Fsp3) is 0.136. The molecule has 2 heterocycles. The van der Waals surface area contributed by atoms with E-state index >= 15 is 0 Å². The first-order valence-corrected chi connectivity index (χ1v) is 11.3. The molecule has 0 spiro atoms. The molecule has 0 aliphatic carbocycles. The van der Waals surface area contributed by atoms with Crippen molar-refractivity contribution in [2.24, 2.45) is 5.73 Å². The highest BCUT2D eigenvalue weighted by Crippen LogP contribution is 2.32. The number of amides is 1. The van der Waals surface area contributed by atoms with Crippen LogP contribution in [0.1, 0.15) is 16.1 Å². The SMILES string of the molecule is NC(=O)c1ccc(-c2nc(CSc3ncc(-c4ccccc4)n3CC(F)(F)F)cs2)cc1. The summed E-state index contributed by atoms with van der Waals surface area (Å²) in [5.74, 6) is -0.129. The molecule has 0 atom stereocenters. The van der Waals surface area contributed by atoms with Crippen molar-refractivity contribution in [3.63, 3.8) is 0 Å². The number of imidazole rings is 1. The van der Waals surface area contributed by atoms with Gasteiger partial charge in [0.2, 0.25) is 5.91 Å². The minimum Gasteiger partial charge on any atom is -0.366 e. The van der Waals surface area contributed by atoms with Crippen LogP contribution in [0.15, 0.2) is 71.3 Å². The highest BCUT2D eigenvalue weighted by Gasteiger charge is 2.30. The molecular weight excluding hydrogens is 457 g/mol. The first-order chi connectivity index (χ1) is 15.3. The Bertz CT molecular complexity index is 1220. The molecule has 4 aromatic rings. The van der Waals surface area contributed by atoms with Crippen molar-refractivity contribution in [3.05, 3.63) is 77.4 Å². The average Bonchev–Trinajstić information content (AvgIpc) is 3.39. The monoisotopic (exact) mass is 474 g/mol. The minimum atomic E-state index is -4.37. The van der Waals surface area contributed by atoms with Gasteiger partial charge in [-0.3, -0.25) is 4.79 Å². The van der Waals surface area contributed by atoms with E-state index < -0.39 is 18.6 Å². The summed E-state index contributed by atoms with van der Waals surface area (Å²) in [7, 11) is 0. The van der Waals surface area contributed by atoms with Gasteiger partial charge in [0, 0.05) is 22.3 Å². The van der Waals surface area contributed by atoms with Gasteiger partial charge in [0.05, 0.1) is 17.6 Å². The average molecular weight is 475 g/mol. The van der Waals surface area contributed by atoms with E-state index in [0.29, 0.717) is 22.6 Å². The van der Waals surface area contributed by atoms with Crippen LogP contribution < -0.4 is 5.73 Å². The van der Waals surface area contributed by atoms with Crippen molar-refractivity contribution in [1.82, 2.24) is 14.5 Å². The first kappa shape index (κ1) is 22.1. The lowest BCUT2D eigenvalue weighted by Crippen LogP contribution is -2.19. The van der Waals surface area contributed by atoms with Gasteiger partial charge < -0.3 is 10.3 Å². The number of nitrogens with zero attached hydrogens (tertiary/aromatic N) is 3. The predicted molar refractivity (Wildman–Crippen MR) is 119 cm³/mol. The van der Waals surface area contributed by atoms with E-state index in [1.54, 1.807) is 48.5 Å². The number of hydrogen-bond acceptors (Lipinski definition) is 5. The van der Waals surface area contributed by atoms with Gasteiger partial charge in [0.1, 0.15) is 11.6 Å². The molecule has 0 saturated carbocycles. The van der Waals surface area contributed by atoms with Gasteiger partial charge in [-0.2, -0.15) is 13.2 Å². The second kappa shape index (κ2) is 9.17. The van der Waals surface area contributed by atoms with E-state index in [1.807, 2.05) is 11.4 Å². The van der Waals surface area contributed by atoms with Crippen molar-refractivity contribution >= 4 is 29.0 Å². The Morgan fingerprint density at radius 2 is 1.78 bits per heavy atom. The zero-order valence-electron chi connectivity index (χ0n) is 16.5. The number of carbonyl (C=O) groups excluding carboxylic acids is 1. The maximum Gasteiger partial charge on any atom is 0.406 e. The van der Waals surface area contributed by atoms with Crippen LogP contribution in [-0.4, -0.2) is 26.6 Å². The largest absolute Gasteiger partial charge is 0.406 e. The van der Waals surface area contributed by atoms with Crippen molar-refractivity contribution < 1.29 is 18.0 Å². The number of thioether (sulfide) groups is 1. The highest BCUT2D eigenvalue weighted by atomic mass is 32.2. The van der Waals surface area contributed by atoms with E-state index in [0.717, 1.165) is 16.3 Å². The molecule has 5 nitrogen and oxygen atoms in total. The van der Waals surface area contributed by atoms with Gasteiger partial charge in [-0.15, -0.1) is 11.3 Å². The summed E-state index contributed by atoms with van der Waals surface area (Å²) in [6, 6.07) is 15.7. The number of carbonyl (C=O) groups is 1. The molecular formula is C22H17F3N4OS2. The van der Waals surface area contributed by atoms with Gasteiger partial charge in [0.15, 0.2) is 5.16 Å². The van der Waals surface area contributed by atoms with Gasteiger partial charge >= 0.3 is 6.18 Å². The van der Waals surface area contributed by atoms with Crippen molar-refractivity contribution in [3.8, 4) is 21.8 Å². The Kier molecular flexibility index (Phi) is 6.33. The van der Waals surface area contributed by atoms with Gasteiger partial charge in [-0.1, -0.05) is 54.2 Å². The zero-order valence-corrected chi connectivity index (χ0v) is 18.2. The van der Waals surface area contributed by atoms with Gasteiger partial charge in [-0.25, -0.2) is 9.97 Å². The molecule has 0 unspecified atom stereocenters. The number of aromatic nitrogens is 3. The molecule has 0 bridgehead atoms. The quantitative estimate of drug-likeness (QED) is 0.353. The lowest BCUT2D eigenvalue weighted by Gasteiger charge is -2.14. The number of halogens is 3. The fourth-order valence-electron chi connectivity index (χ4n) is 3.07. The molecule has 0 radical (unpaired) electrons. The van der Waals surface area contributed by atoms with Crippen LogP contribution in [-0.2, 0) is 12.3 Å². The van der Waals surface area contributed by atoms with Crippen molar-refractivity contribution in [1.29, 1.82) is 0 Å². The first-order valence-electron chi connectivity index (χ1n) is 9.45. The van der Waals surface area contributed by atoms with Gasteiger partial charge in [0.25, 0.3) is 0 Å². The van der Waals surface area contributed by atoms with Crippen LogP contribution in [0.5, 0.6) is 0 Å². The highest BCUT2D eigenvalue weighted by molar-refractivity contribution is 7.98. The summed E-state index contributed by atoms with van der Waals surface area (Å²) < 4.78 is 40.9. The van der Waals surface area contributed by atoms with E-state index in [4.69, 9.17) is 5.73 Å². The lowest BCUT2D eigenvalue weighted by atomic mass is 10.1. The Hall–Kier alpha value is -3.11. The van der Waals surface area contributed by atoms with Crippen LogP contribution in [0.25, 0.3) is 21.8 Å². The zero-order chi connectivity index (χ0) is 22.7. The molecule has 164 valence electrons. The number of alkyl halides is 3. The van der Waals surface area contributed by atoms with E-state index in [-0.39, 0.29) is 5.16 Å². The summed E-state index contributed by atoms with van der Waals surface area (Å²) in [5.41, 5.74) is 8.32. The van der Waals surface area contributed by atoms with Crippen LogP contribution in [0, 0.1) is 0 Å². The third kappa shape index (κ3) is 5.20. The Morgan fingerprint density at radius 1 is 1.06 bits per heavy atom. The topological polar surface area (TPSA) is 73.8 Å². The molecule has 0 fully saturated rings. The summed E-state index contributed by atoms with van der Waals surface area (Å²) in [6.45, 7) is -1.12. The van der Waals surface area contributed by atoms with Gasteiger partial charge in [-0.05, 0) is 17.7 Å². The molecule has 2 aromatic heterocycles. The number of thiazole rings is 1. The van der Waals surface area contributed by atoms with Crippen LogP contribution in [0.4, 0.5) is 13.2 Å². The smallest absolute Gasteiger partial charge is 0.366 e. The Morgan fingerprint density at radius 3 is 2.44 bits per heavy atom. The molecule has 0 aliphatic heterocycles. The fourth-order valence-corrected chi connectivity index (χ4v) is 4.87. The second-order valence-corrected chi connectivity index (χ2v) is 8.67. The minimum absolute atomic E-state index is 0.279. The molecule has 10 heteroatoms. The van der Waals surface area contributed by atoms with Crippen molar-refractivity contribution in [2.75, 3.05) is 0 Å². The number of benzene rings is 2. The maximum absolute atomic E-state index is 13.2. The molecule has 0 aliphatic rings. The Labute approximate surface area is 190 Å². The summed E-state index contributed by atoms with van der Waals surface area (Å²) >= 11 is 2.63. The number of hydrogen-bond donors (Lipinski definition) is 1. The summed E-state index contributed by atoms with van der Waals surface area (Å²) in [6.07, 6.45) is -2.90. The Balaban J connectivity index is 1.53. The summed E-state index contributed by atoms with van der Waals surface area (Å²) in [5, 5.41) is 2.89. The van der Waals surface area contributed by atoms with Crippen LogP contribution >= 0.6 is 23.1 Å². The molecule has 4 rings (SSSR count). The molecule has 2 aromatic carbocycles. The molecule has 32 heavy (non-hydrogen) atoms. The van der Waals surface area contributed by atoms with E-state index in [2.05, 4.69) is 9.97 Å². The predicted octanol–water partition coefficient (Wildman–Crippen LogP) is 5.63. The normalized spacial score (nSPS) is 11.6. The van der Waals surface area contributed by atoms with E-state index in [9.17, 15) is 18.0 Å². The van der Waals surface area contributed by atoms with Crippen LogP contribution in [0.2, 0.25) is 0 Å². The maximum atomic E-state index is 13.2. The van der Waals surface area contributed by atoms with E-state index in [1.165, 1.54) is 33.9 Å². The number of nitrogens with two attached hydrogens (primary N) is 1.